The quantitative estimate of drug-likeness (QED) is 0.755. The lowest BCUT2D eigenvalue weighted by atomic mass is 9.99. The number of benzene rings is 1. The summed E-state index contributed by atoms with van der Waals surface area (Å²) in [6.07, 6.45) is 0.465. The fourth-order valence-electron chi connectivity index (χ4n) is 1.48. The Bertz CT molecular complexity index is 594. The summed E-state index contributed by atoms with van der Waals surface area (Å²) in [7, 11) is -3.82. The van der Waals surface area contributed by atoms with Crippen molar-refractivity contribution in [1.82, 2.24) is 0 Å². The van der Waals surface area contributed by atoms with Crippen LogP contribution >= 0.6 is 0 Å². The van der Waals surface area contributed by atoms with Gasteiger partial charge in [-0.1, -0.05) is 13.0 Å². The van der Waals surface area contributed by atoms with Crippen molar-refractivity contribution in [3.8, 4) is 0 Å². The fraction of sp³-hybridized carbons (Fsp3) is 0.417. The van der Waals surface area contributed by atoms with Crippen LogP contribution in [0.3, 0.4) is 0 Å². The Labute approximate surface area is 113 Å². The average molecular weight is 285 g/mol. The van der Waals surface area contributed by atoms with Gasteiger partial charge in [0.25, 0.3) is 0 Å². The van der Waals surface area contributed by atoms with E-state index in [9.17, 15) is 13.2 Å². The highest BCUT2D eigenvalue weighted by Gasteiger charge is 2.26. The van der Waals surface area contributed by atoms with Gasteiger partial charge in [-0.05, 0) is 38.0 Å². The Hall–Kier alpha value is -1.44. The van der Waals surface area contributed by atoms with Crippen molar-refractivity contribution in [2.45, 2.75) is 37.6 Å². The predicted octanol–water partition coefficient (Wildman–Crippen LogP) is 0.708. The maximum absolute atomic E-state index is 12.0. The zero-order chi connectivity index (χ0) is 14.8. The molecule has 0 fully saturated rings. The number of primary sulfonamides is 1. The first-order valence-corrected chi connectivity index (χ1v) is 7.37. The van der Waals surface area contributed by atoms with Crippen LogP contribution in [-0.2, 0) is 14.8 Å². The normalized spacial score (nSPS) is 14.8. The average Bonchev–Trinajstić information content (AvgIpc) is 2.30. The number of hydrogen-bond acceptors (Lipinski definition) is 4. The van der Waals surface area contributed by atoms with Crippen molar-refractivity contribution in [2.24, 2.45) is 10.9 Å². The Morgan fingerprint density at radius 1 is 1.42 bits per heavy atom. The van der Waals surface area contributed by atoms with Crippen LogP contribution in [-0.4, -0.2) is 19.9 Å². The molecule has 0 spiro atoms. The molecule has 19 heavy (non-hydrogen) atoms. The van der Waals surface area contributed by atoms with Crippen LogP contribution in [0.4, 0.5) is 5.69 Å². The van der Waals surface area contributed by atoms with Crippen LogP contribution < -0.4 is 16.2 Å². The van der Waals surface area contributed by atoms with Gasteiger partial charge in [0.05, 0.1) is 10.4 Å². The van der Waals surface area contributed by atoms with Crippen LogP contribution in [0.15, 0.2) is 23.1 Å². The molecule has 106 valence electrons. The summed E-state index contributed by atoms with van der Waals surface area (Å²) in [5, 5.41) is 7.73. The molecule has 0 heterocycles. The molecule has 0 radical (unpaired) electrons. The molecule has 0 saturated carbocycles. The van der Waals surface area contributed by atoms with Crippen LogP contribution in [0.2, 0.25) is 0 Å². The maximum Gasteiger partial charge on any atom is 0.244 e. The molecule has 0 aliphatic carbocycles. The fourth-order valence-corrected chi connectivity index (χ4v) is 2.29. The molecular formula is C12H19N3O3S. The van der Waals surface area contributed by atoms with E-state index in [-0.39, 0.29) is 10.8 Å². The summed E-state index contributed by atoms with van der Waals surface area (Å²) in [4.78, 5) is 11.9. The van der Waals surface area contributed by atoms with Crippen molar-refractivity contribution in [2.75, 3.05) is 5.32 Å². The van der Waals surface area contributed by atoms with E-state index in [1.54, 1.807) is 26.8 Å². The van der Waals surface area contributed by atoms with E-state index in [0.717, 1.165) is 0 Å². The monoisotopic (exact) mass is 285 g/mol. The van der Waals surface area contributed by atoms with Crippen molar-refractivity contribution >= 4 is 21.6 Å². The molecule has 0 saturated heterocycles. The van der Waals surface area contributed by atoms with E-state index in [1.807, 2.05) is 0 Å². The van der Waals surface area contributed by atoms with E-state index in [0.29, 0.717) is 17.7 Å². The van der Waals surface area contributed by atoms with Crippen LogP contribution in [0.5, 0.6) is 0 Å². The van der Waals surface area contributed by atoms with Gasteiger partial charge in [-0.25, -0.2) is 13.6 Å². The molecule has 1 aromatic rings. The molecule has 1 rings (SSSR count). The zero-order valence-corrected chi connectivity index (χ0v) is 12.0. The summed E-state index contributed by atoms with van der Waals surface area (Å²) >= 11 is 0. The predicted molar refractivity (Wildman–Crippen MR) is 74.1 cm³/mol. The van der Waals surface area contributed by atoms with Gasteiger partial charge in [-0.2, -0.15) is 0 Å². The summed E-state index contributed by atoms with van der Waals surface area (Å²) in [5.74, 6) is -0.371. The van der Waals surface area contributed by atoms with E-state index in [4.69, 9.17) is 10.9 Å². The minimum absolute atomic E-state index is 0.0134. The van der Waals surface area contributed by atoms with Crippen LogP contribution in [0, 0.1) is 6.92 Å². The van der Waals surface area contributed by atoms with Crippen molar-refractivity contribution in [3.05, 3.63) is 23.8 Å². The molecular weight excluding hydrogens is 266 g/mol. The summed E-state index contributed by atoms with van der Waals surface area (Å²) < 4.78 is 22.8. The highest BCUT2D eigenvalue weighted by atomic mass is 32.2. The molecule has 0 bridgehead atoms. The standard InChI is InChI=1S/C12H19N3O3S/c1-4-12(3,13)11(16)15-9-6-5-7-10(8(9)2)19(14,17)18/h5-7H,4,13H2,1-3H3,(H,15,16)(H2,14,17,18). The largest absolute Gasteiger partial charge is 0.324 e. The number of nitrogens with two attached hydrogens (primary N) is 2. The third-order valence-electron chi connectivity index (χ3n) is 3.09. The maximum atomic E-state index is 12.0. The number of nitrogens with one attached hydrogen (secondary N) is 1. The first kappa shape index (κ1) is 15.6. The molecule has 0 aromatic heterocycles. The number of carbonyl (C=O) groups is 1. The lowest BCUT2D eigenvalue weighted by Crippen LogP contribution is -2.47. The SMILES string of the molecule is CCC(C)(N)C(=O)Nc1cccc(S(N)(=O)=O)c1C. The smallest absolute Gasteiger partial charge is 0.244 e. The summed E-state index contributed by atoms with van der Waals surface area (Å²) in [6, 6.07) is 4.51. The molecule has 0 aliphatic rings. The van der Waals surface area contributed by atoms with Crippen LogP contribution in [0.25, 0.3) is 0 Å². The minimum Gasteiger partial charge on any atom is -0.324 e. The number of rotatable bonds is 4. The Morgan fingerprint density at radius 2 is 2.00 bits per heavy atom. The molecule has 7 heteroatoms. The number of amides is 1. The Morgan fingerprint density at radius 3 is 2.47 bits per heavy atom. The molecule has 5 N–H and O–H groups in total. The van der Waals surface area contributed by atoms with Gasteiger partial charge < -0.3 is 11.1 Å². The second-order valence-corrected chi connectivity index (χ2v) is 6.23. The van der Waals surface area contributed by atoms with Crippen molar-refractivity contribution in [3.63, 3.8) is 0 Å². The van der Waals surface area contributed by atoms with E-state index >= 15 is 0 Å². The number of hydrogen-bond donors (Lipinski definition) is 3. The zero-order valence-electron chi connectivity index (χ0n) is 11.2. The van der Waals surface area contributed by atoms with Gasteiger partial charge in [-0.15, -0.1) is 0 Å². The van der Waals surface area contributed by atoms with E-state index in [2.05, 4.69) is 5.32 Å². The van der Waals surface area contributed by atoms with Gasteiger partial charge in [-0.3, -0.25) is 4.79 Å². The summed E-state index contributed by atoms with van der Waals surface area (Å²) in [6.45, 7) is 4.99. The van der Waals surface area contributed by atoms with Gasteiger partial charge in [0.2, 0.25) is 15.9 Å². The van der Waals surface area contributed by atoms with Crippen molar-refractivity contribution in [1.29, 1.82) is 0 Å². The number of sulfonamides is 1. The van der Waals surface area contributed by atoms with Gasteiger partial charge >= 0.3 is 0 Å². The minimum atomic E-state index is -3.82. The number of carbonyl (C=O) groups excluding carboxylic acids is 1. The third kappa shape index (κ3) is 3.52. The molecule has 1 amide bonds. The summed E-state index contributed by atoms with van der Waals surface area (Å²) in [5.41, 5.74) is 5.60. The second kappa shape index (κ2) is 5.28. The third-order valence-corrected chi connectivity index (χ3v) is 4.15. The second-order valence-electron chi connectivity index (χ2n) is 4.70. The van der Waals surface area contributed by atoms with Gasteiger partial charge in [0.15, 0.2) is 0 Å². The number of anilines is 1. The molecule has 1 atom stereocenters. The Kier molecular flexibility index (Phi) is 4.34. The van der Waals surface area contributed by atoms with Gasteiger partial charge in [0.1, 0.15) is 0 Å². The van der Waals surface area contributed by atoms with E-state index < -0.39 is 15.6 Å². The van der Waals surface area contributed by atoms with Crippen LogP contribution in [0.1, 0.15) is 25.8 Å². The molecule has 1 unspecified atom stereocenters. The Balaban J connectivity index is 3.15. The topological polar surface area (TPSA) is 115 Å². The molecule has 6 nitrogen and oxygen atoms in total. The van der Waals surface area contributed by atoms with Crippen molar-refractivity contribution < 1.29 is 13.2 Å². The molecule has 0 aliphatic heterocycles. The first-order chi connectivity index (χ1) is 8.59. The first-order valence-electron chi connectivity index (χ1n) is 5.82. The van der Waals surface area contributed by atoms with E-state index in [1.165, 1.54) is 12.1 Å². The molecule has 1 aromatic carbocycles. The lowest BCUT2D eigenvalue weighted by Gasteiger charge is -2.22. The highest BCUT2D eigenvalue weighted by molar-refractivity contribution is 7.89. The highest BCUT2D eigenvalue weighted by Crippen LogP contribution is 2.23. The lowest BCUT2D eigenvalue weighted by molar-refractivity contribution is -0.120. The van der Waals surface area contributed by atoms with Gasteiger partial charge in [0, 0.05) is 5.69 Å².